The van der Waals surface area contributed by atoms with Crippen LogP contribution in [-0.2, 0) is 0 Å². The van der Waals surface area contributed by atoms with Gasteiger partial charge < -0.3 is 4.42 Å². The predicted octanol–water partition coefficient (Wildman–Crippen LogP) is 2.56. The lowest BCUT2D eigenvalue weighted by atomic mass is 10.3. The quantitative estimate of drug-likeness (QED) is 0.495. The maximum Gasteiger partial charge on any atom is 0.181 e. The number of hydrogen-bond donors (Lipinski definition) is 0. The molecule has 1 aromatic carbocycles. The summed E-state index contributed by atoms with van der Waals surface area (Å²) in [5.74, 6) is 0. The summed E-state index contributed by atoms with van der Waals surface area (Å²) in [5.41, 5.74) is 2.27. The highest BCUT2D eigenvalue weighted by Gasteiger charge is 1.97. The normalized spacial score (nSPS) is 9.67. The van der Waals surface area contributed by atoms with Crippen LogP contribution in [0.1, 0.15) is 0 Å². The summed E-state index contributed by atoms with van der Waals surface area (Å²) >= 11 is 4.48. The van der Waals surface area contributed by atoms with E-state index in [1.165, 1.54) is 6.39 Å². The maximum absolute atomic E-state index is 5.05. The van der Waals surface area contributed by atoms with Crippen LogP contribution in [-0.4, -0.2) is 10.1 Å². The summed E-state index contributed by atoms with van der Waals surface area (Å²) in [7, 11) is 0. The monoisotopic (exact) mass is 176 g/mol. The Labute approximate surface area is 73.7 Å². The van der Waals surface area contributed by atoms with Crippen molar-refractivity contribution in [3.8, 4) is 0 Å². The number of fused-ring (bicyclic) bond motifs is 1. The van der Waals surface area contributed by atoms with Gasteiger partial charge in [0.05, 0.1) is 10.8 Å². The number of hydrogen-bond acceptors (Lipinski definition) is 4. The molecule has 0 aliphatic rings. The zero-order valence-corrected chi connectivity index (χ0v) is 6.84. The van der Waals surface area contributed by atoms with E-state index in [1.807, 2.05) is 0 Å². The van der Waals surface area contributed by atoms with E-state index in [0.717, 1.165) is 16.8 Å². The second-order valence-electron chi connectivity index (χ2n) is 2.21. The van der Waals surface area contributed by atoms with Gasteiger partial charge in [-0.3, -0.25) is 0 Å². The van der Waals surface area contributed by atoms with E-state index >= 15 is 0 Å². The zero-order valence-electron chi connectivity index (χ0n) is 6.02. The topological polar surface area (TPSA) is 38.4 Å². The average molecular weight is 176 g/mol. The molecular formula is C8H4N2OS. The standard InChI is InChI=1S/C8H4N2OS/c12-5-10-6-1-2-8-7(3-6)9-4-11-8/h1-4H. The minimum absolute atomic E-state index is 0.742. The highest BCUT2D eigenvalue weighted by molar-refractivity contribution is 7.78. The summed E-state index contributed by atoms with van der Waals surface area (Å²) in [4.78, 5) is 7.79. The van der Waals surface area contributed by atoms with Crippen molar-refractivity contribution in [1.29, 1.82) is 0 Å². The van der Waals surface area contributed by atoms with Crippen LogP contribution in [0.2, 0.25) is 0 Å². The van der Waals surface area contributed by atoms with E-state index in [2.05, 4.69) is 27.4 Å². The number of rotatable bonds is 1. The molecule has 3 nitrogen and oxygen atoms in total. The van der Waals surface area contributed by atoms with E-state index < -0.39 is 0 Å². The van der Waals surface area contributed by atoms with Gasteiger partial charge in [-0.1, -0.05) is 0 Å². The molecular weight excluding hydrogens is 172 g/mol. The highest BCUT2D eigenvalue weighted by atomic mass is 32.1. The Morgan fingerprint density at radius 2 is 2.42 bits per heavy atom. The predicted molar refractivity (Wildman–Crippen MR) is 48.7 cm³/mol. The molecule has 0 radical (unpaired) electrons. The van der Waals surface area contributed by atoms with Crippen LogP contribution in [0.15, 0.2) is 34.0 Å². The van der Waals surface area contributed by atoms with E-state index in [1.54, 1.807) is 18.2 Å². The summed E-state index contributed by atoms with van der Waals surface area (Å²) in [5, 5.41) is 2.29. The second kappa shape index (κ2) is 2.85. The third kappa shape index (κ3) is 1.13. The van der Waals surface area contributed by atoms with Gasteiger partial charge in [-0.2, -0.15) is 4.99 Å². The number of aromatic nitrogens is 1. The van der Waals surface area contributed by atoms with Crippen molar-refractivity contribution in [2.24, 2.45) is 4.99 Å². The number of oxazole rings is 1. The van der Waals surface area contributed by atoms with Gasteiger partial charge in [0.15, 0.2) is 12.0 Å². The van der Waals surface area contributed by atoms with Crippen molar-refractivity contribution in [3.63, 3.8) is 0 Å². The van der Waals surface area contributed by atoms with Crippen molar-refractivity contribution in [2.75, 3.05) is 0 Å². The van der Waals surface area contributed by atoms with Crippen LogP contribution in [0.3, 0.4) is 0 Å². The molecule has 0 saturated carbocycles. The fraction of sp³-hybridized carbons (Fsp3) is 0. The molecule has 2 rings (SSSR count). The number of aliphatic imine (C=N–C) groups is 1. The summed E-state index contributed by atoms with van der Waals surface area (Å²) < 4.78 is 5.05. The van der Waals surface area contributed by atoms with Crippen LogP contribution < -0.4 is 0 Å². The molecule has 0 fully saturated rings. The molecule has 1 aromatic heterocycles. The Morgan fingerprint density at radius 3 is 3.25 bits per heavy atom. The first kappa shape index (κ1) is 7.16. The molecule has 4 heteroatoms. The third-order valence-electron chi connectivity index (χ3n) is 1.49. The molecule has 0 aliphatic carbocycles. The van der Waals surface area contributed by atoms with Crippen molar-refractivity contribution in [1.82, 2.24) is 4.98 Å². The fourth-order valence-electron chi connectivity index (χ4n) is 0.968. The second-order valence-corrected chi connectivity index (χ2v) is 2.39. The van der Waals surface area contributed by atoms with Crippen LogP contribution in [0, 0.1) is 0 Å². The molecule has 0 saturated heterocycles. The number of thiocarbonyl (C=S) groups is 1. The molecule has 0 spiro atoms. The molecule has 0 bridgehead atoms. The van der Waals surface area contributed by atoms with Crippen molar-refractivity contribution >= 4 is 34.2 Å². The lowest BCUT2D eigenvalue weighted by Crippen LogP contribution is -1.66. The molecule has 0 amide bonds. The average Bonchev–Trinajstić information content (AvgIpc) is 2.51. The van der Waals surface area contributed by atoms with Gasteiger partial charge in [0.1, 0.15) is 5.52 Å². The minimum Gasteiger partial charge on any atom is -0.443 e. The Hall–Kier alpha value is -1.51. The zero-order chi connectivity index (χ0) is 8.39. The van der Waals surface area contributed by atoms with Crippen LogP contribution in [0.25, 0.3) is 11.1 Å². The largest absolute Gasteiger partial charge is 0.443 e. The first-order valence-electron chi connectivity index (χ1n) is 3.31. The molecule has 0 unspecified atom stereocenters. The summed E-state index contributed by atoms with van der Waals surface area (Å²) in [6, 6.07) is 5.39. The Kier molecular flexibility index (Phi) is 1.70. The maximum atomic E-state index is 5.05. The lowest BCUT2D eigenvalue weighted by Gasteiger charge is -1.88. The van der Waals surface area contributed by atoms with Crippen LogP contribution >= 0.6 is 12.2 Å². The Morgan fingerprint density at radius 1 is 1.50 bits per heavy atom. The number of benzene rings is 1. The number of nitrogens with zero attached hydrogens (tertiary/aromatic N) is 2. The fourth-order valence-corrected chi connectivity index (χ4v) is 1.07. The Balaban J connectivity index is 2.67. The summed E-state index contributed by atoms with van der Waals surface area (Å²) in [6.07, 6.45) is 1.40. The highest BCUT2D eigenvalue weighted by Crippen LogP contribution is 2.19. The lowest BCUT2D eigenvalue weighted by molar-refractivity contribution is 0.602. The smallest absolute Gasteiger partial charge is 0.181 e. The first-order chi connectivity index (χ1) is 5.90. The number of isothiocyanates is 1. The van der Waals surface area contributed by atoms with Gasteiger partial charge in [-0.25, -0.2) is 4.98 Å². The SMILES string of the molecule is S=C=Nc1ccc2ocnc2c1. The van der Waals surface area contributed by atoms with Crippen LogP contribution in [0.4, 0.5) is 5.69 Å². The van der Waals surface area contributed by atoms with Gasteiger partial charge in [0, 0.05) is 0 Å². The van der Waals surface area contributed by atoms with Gasteiger partial charge in [0.25, 0.3) is 0 Å². The van der Waals surface area contributed by atoms with Gasteiger partial charge in [-0.15, -0.1) is 0 Å². The van der Waals surface area contributed by atoms with E-state index in [9.17, 15) is 0 Å². The van der Waals surface area contributed by atoms with E-state index in [0.29, 0.717) is 0 Å². The van der Waals surface area contributed by atoms with Crippen molar-refractivity contribution < 1.29 is 4.42 Å². The summed E-state index contributed by atoms with van der Waals surface area (Å²) in [6.45, 7) is 0. The van der Waals surface area contributed by atoms with Gasteiger partial charge >= 0.3 is 0 Å². The Bertz CT molecular complexity index is 457. The molecule has 2 aromatic rings. The minimum atomic E-state index is 0.742. The van der Waals surface area contributed by atoms with E-state index in [4.69, 9.17) is 4.42 Å². The molecule has 0 N–H and O–H groups in total. The first-order valence-corrected chi connectivity index (χ1v) is 3.72. The third-order valence-corrected chi connectivity index (χ3v) is 1.58. The van der Waals surface area contributed by atoms with E-state index in [-0.39, 0.29) is 0 Å². The van der Waals surface area contributed by atoms with Crippen LogP contribution in [0.5, 0.6) is 0 Å². The molecule has 12 heavy (non-hydrogen) atoms. The molecule has 1 heterocycles. The van der Waals surface area contributed by atoms with Gasteiger partial charge in [0.2, 0.25) is 0 Å². The molecule has 58 valence electrons. The molecule has 0 aliphatic heterocycles. The van der Waals surface area contributed by atoms with Crippen molar-refractivity contribution in [2.45, 2.75) is 0 Å². The molecule has 0 atom stereocenters. The van der Waals surface area contributed by atoms with Gasteiger partial charge in [-0.05, 0) is 30.4 Å². The van der Waals surface area contributed by atoms with Crippen molar-refractivity contribution in [3.05, 3.63) is 24.6 Å².